The maximum absolute atomic E-state index is 5.32. The van der Waals surface area contributed by atoms with E-state index in [2.05, 4.69) is 10.1 Å². The fraction of sp³-hybridized carbons (Fsp3) is 0.250. The number of benzene rings is 1. The van der Waals surface area contributed by atoms with E-state index in [-0.39, 0.29) is 6.61 Å². The SMILES string of the molecule is COc1cccc(OC)c1CON=Cc1cc(C)ccn1. The Morgan fingerprint density at radius 1 is 1.14 bits per heavy atom. The van der Waals surface area contributed by atoms with Crippen LogP contribution in [0.5, 0.6) is 11.5 Å². The highest BCUT2D eigenvalue weighted by atomic mass is 16.6. The lowest BCUT2D eigenvalue weighted by molar-refractivity contribution is 0.127. The molecule has 110 valence electrons. The van der Waals surface area contributed by atoms with E-state index in [4.69, 9.17) is 14.3 Å². The summed E-state index contributed by atoms with van der Waals surface area (Å²) < 4.78 is 10.6. The third-order valence-corrected chi connectivity index (χ3v) is 2.93. The van der Waals surface area contributed by atoms with Crippen LogP contribution in [0.2, 0.25) is 0 Å². The highest BCUT2D eigenvalue weighted by molar-refractivity contribution is 5.76. The van der Waals surface area contributed by atoms with Gasteiger partial charge in [0.25, 0.3) is 0 Å². The summed E-state index contributed by atoms with van der Waals surface area (Å²) in [5, 5.41) is 3.93. The summed E-state index contributed by atoms with van der Waals surface area (Å²) in [7, 11) is 3.22. The number of oxime groups is 1. The van der Waals surface area contributed by atoms with Gasteiger partial charge in [0.05, 0.1) is 31.7 Å². The van der Waals surface area contributed by atoms with Crippen molar-refractivity contribution in [3.63, 3.8) is 0 Å². The summed E-state index contributed by atoms with van der Waals surface area (Å²) in [5.74, 6) is 1.41. The van der Waals surface area contributed by atoms with Gasteiger partial charge in [0, 0.05) is 6.20 Å². The summed E-state index contributed by atoms with van der Waals surface area (Å²) in [6.07, 6.45) is 3.31. The van der Waals surface area contributed by atoms with Gasteiger partial charge in [-0.15, -0.1) is 0 Å². The Morgan fingerprint density at radius 2 is 1.86 bits per heavy atom. The zero-order valence-electron chi connectivity index (χ0n) is 12.4. The van der Waals surface area contributed by atoms with Gasteiger partial charge in [-0.2, -0.15) is 0 Å². The summed E-state index contributed by atoms with van der Waals surface area (Å²) in [5.41, 5.74) is 2.69. The Kier molecular flexibility index (Phi) is 5.15. The van der Waals surface area contributed by atoms with E-state index in [0.29, 0.717) is 11.5 Å². The third-order valence-electron chi connectivity index (χ3n) is 2.93. The average Bonchev–Trinajstić information content (AvgIpc) is 2.51. The molecule has 0 unspecified atom stereocenters. The molecule has 0 aliphatic heterocycles. The van der Waals surface area contributed by atoms with Crippen molar-refractivity contribution in [2.45, 2.75) is 13.5 Å². The molecular weight excluding hydrogens is 268 g/mol. The summed E-state index contributed by atoms with van der Waals surface area (Å²) >= 11 is 0. The largest absolute Gasteiger partial charge is 0.496 e. The molecule has 5 heteroatoms. The normalized spacial score (nSPS) is 10.6. The minimum Gasteiger partial charge on any atom is -0.496 e. The molecule has 21 heavy (non-hydrogen) atoms. The molecule has 1 aromatic heterocycles. The lowest BCUT2D eigenvalue weighted by Crippen LogP contribution is -1.98. The van der Waals surface area contributed by atoms with Gasteiger partial charge in [-0.05, 0) is 36.8 Å². The number of methoxy groups -OCH3 is 2. The maximum Gasteiger partial charge on any atom is 0.149 e. The van der Waals surface area contributed by atoms with E-state index in [1.807, 2.05) is 37.3 Å². The number of ether oxygens (including phenoxy) is 2. The monoisotopic (exact) mass is 286 g/mol. The Bertz CT molecular complexity index is 604. The maximum atomic E-state index is 5.32. The molecule has 1 aromatic carbocycles. The van der Waals surface area contributed by atoms with Gasteiger partial charge in [-0.1, -0.05) is 11.2 Å². The van der Waals surface area contributed by atoms with Crippen LogP contribution in [0.1, 0.15) is 16.8 Å². The second kappa shape index (κ2) is 7.28. The van der Waals surface area contributed by atoms with Gasteiger partial charge in [0.15, 0.2) is 0 Å². The number of aryl methyl sites for hydroxylation is 1. The van der Waals surface area contributed by atoms with Crippen LogP contribution in [-0.2, 0) is 11.4 Å². The highest BCUT2D eigenvalue weighted by Crippen LogP contribution is 2.28. The fourth-order valence-corrected chi connectivity index (χ4v) is 1.89. The highest BCUT2D eigenvalue weighted by Gasteiger charge is 2.09. The molecular formula is C16H18N2O3. The number of aromatic nitrogens is 1. The first-order chi connectivity index (χ1) is 10.2. The molecule has 0 radical (unpaired) electrons. The predicted molar refractivity (Wildman–Crippen MR) is 80.9 cm³/mol. The van der Waals surface area contributed by atoms with Gasteiger partial charge in [-0.25, -0.2) is 0 Å². The minimum absolute atomic E-state index is 0.259. The van der Waals surface area contributed by atoms with Crippen LogP contribution in [0.4, 0.5) is 0 Å². The van der Waals surface area contributed by atoms with Crippen LogP contribution in [0.15, 0.2) is 41.7 Å². The quantitative estimate of drug-likeness (QED) is 0.605. The van der Waals surface area contributed by atoms with E-state index in [1.165, 1.54) is 0 Å². The molecule has 0 spiro atoms. The second-order valence-corrected chi connectivity index (χ2v) is 4.41. The molecule has 0 bridgehead atoms. The topological polar surface area (TPSA) is 52.9 Å². The molecule has 0 amide bonds. The van der Waals surface area contributed by atoms with Crippen LogP contribution in [0, 0.1) is 6.92 Å². The van der Waals surface area contributed by atoms with Crippen LogP contribution in [-0.4, -0.2) is 25.4 Å². The van der Waals surface area contributed by atoms with Gasteiger partial charge in [0.1, 0.15) is 18.1 Å². The van der Waals surface area contributed by atoms with Crippen molar-refractivity contribution >= 4 is 6.21 Å². The Hall–Kier alpha value is -2.56. The predicted octanol–water partition coefficient (Wildman–Crippen LogP) is 2.96. The van der Waals surface area contributed by atoms with Gasteiger partial charge in [-0.3, -0.25) is 4.98 Å². The molecule has 2 aromatic rings. The Labute approximate surface area is 124 Å². The molecule has 1 heterocycles. The first kappa shape index (κ1) is 14.8. The minimum atomic E-state index is 0.259. The molecule has 2 rings (SSSR count). The first-order valence-electron chi connectivity index (χ1n) is 6.52. The van der Waals surface area contributed by atoms with Crippen molar-refractivity contribution in [3.8, 4) is 11.5 Å². The summed E-state index contributed by atoms with van der Waals surface area (Å²) in [6.45, 7) is 2.26. The average molecular weight is 286 g/mol. The number of hydrogen-bond donors (Lipinski definition) is 0. The van der Waals surface area contributed by atoms with Crippen LogP contribution >= 0.6 is 0 Å². The Balaban J connectivity index is 2.03. The molecule has 0 aliphatic carbocycles. The second-order valence-electron chi connectivity index (χ2n) is 4.41. The summed E-state index contributed by atoms with van der Waals surface area (Å²) in [6, 6.07) is 9.43. The van der Waals surface area contributed by atoms with Gasteiger partial charge >= 0.3 is 0 Å². The van der Waals surface area contributed by atoms with Crippen molar-refractivity contribution in [1.82, 2.24) is 4.98 Å². The molecule has 0 aliphatic rings. The molecule has 0 saturated heterocycles. The van der Waals surface area contributed by atoms with E-state index in [1.54, 1.807) is 26.6 Å². The molecule has 0 fully saturated rings. The molecule has 0 N–H and O–H groups in total. The van der Waals surface area contributed by atoms with Crippen LogP contribution < -0.4 is 9.47 Å². The van der Waals surface area contributed by atoms with Crippen LogP contribution in [0.3, 0.4) is 0 Å². The van der Waals surface area contributed by atoms with Crippen molar-refractivity contribution < 1.29 is 14.3 Å². The zero-order chi connectivity index (χ0) is 15.1. The molecule has 0 atom stereocenters. The number of rotatable bonds is 6. The van der Waals surface area contributed by atoms with Crippen molar-refractivity contribution in [3.05, 3.63) is 53.3 Å². The van der Waals surface area contributed by atoms with E-state index in [9.17, 15) is 0 Å². The smallest absolute Gasteiger partial charge is 0.149 e. The van der Waals surface area contributed by atoms with Crippen molar-refractivity contribution in [1.29, 1.82) is 0 Å². The van der Waals surface area contributed by atoms with E-state index >= 15 is 0 Å². The zero-order valence-corrected chi connectivity index (χ0v) is 12.4. The fourth-order valence-electron chi connectivity index (χ4n) is 1.89. The van der Waals surface area contributed by atoms with Crippen molar-refractivity contribution in [2.24, 2.45) is 5.16 Å². The van der Waals surface area contributed by atoms with Crippen molar-refractivity contribution in [2.75, 3.05) is 14.2 Å². The summed E-state index contributed by atoms with van der Waals surface area (Å²) in [4.78, 5) is 9.49. The van der Waals surface area contributed by atoms with Crippen LogP contribution in [0.25, 0.3) is 0 Å². The van der Waals surface area contributed by atoms with Gasteiger partial charge in [0.2, 0.25) is 0 Å². The number of pyridine rings is 1. The van der Waals surface area contributed by atoms with Gasteiger partial charge < -0.3 is 14.3 Å². The lowest BCUT2D eigenvalue weighted by atomic mass is 10.2. The standard InChI is InChI=1S/C16H18N2O3/c1-12-7-8-17-13(9-12)10-18-21-11-14-15(19-2)5-4-6-16(14)20-3/h4-10H,11H2,1-3H3. The first-order valence-corrected chi connectivity index (χ1v) is 6.52. The number of hydrogen-bond acceptors (Lipinski definition) is 5. The van der Waals surface area contributed by atoms with E-state index in [0.717, 1.165) is 16.8 Å². The molecule has 5 nitrogen and oxygen atoms in total. The third kappa shape index (κ3) is 3.95. The molecule has 0 saturated carbocycles. The Morgan fingerprint density at radius 3 is 2.48 bits per heavy atom. The lowest BCUT2D eigenvalue weighted by Gasteiger charge is -2.11. The number of nitrogens with zero attached hydrogens (tertiary/aromatic N) is 2. The van der Waals surface area contributed by atoms with E-state index < -0.39 is 0 Å².